The fraction of sp³-hybridized carbons (Fsp3) is 0.500. The lowest BCUT2D eigenvalue weighted by molar-refractivity contribution is -0.139. The van der Waals surface area contributed by atoms with Crippen LogP contribution in [0.25, 0.3) is 0 Å². The quantitative estimate of drug-likeness (QED) is 0.405. The summed E-state index contributed by atoms with van der Waals surface area (Å²) in [6, 6.07) is 12.9. The molecule has 0 radical (unpaired) electrons. The van der Waals surface area contributed by atoms with Crippen LogP contribution in [0.1, 0.15) is 75.8 Å². The van der Waals surface area contributed by atoms with Gasteiger partial charge in [0.15, 0.2) is 5.60 Å². The molecule has 0 aliphatic carbocycles. The van der Waals surface area contributed by atoms with Crippen molar-refractivity contribution in [2.24, 2.45) is 5.92 Å². The van der Waals surface area contributed by atoms with Crippen LogP contribution in [0.3, 0.4) is 0 Å². The Bertz CT molecular complexity index is 1540. The molecule has 0 saturated carbocycles. The van der Waals surface area contributed by atoms with Crippen LogP contribution in [0.4, 0.5) is 17.1 Å². The summed E-state index contributed by atoms with van der Waals surface area (Å²) in [5.41, 5.74) is 1.35. The zero-order valence-corrected chi connectivity index (χ0v) is 26.6. The van der Waals surface area contributed by atoms with Crippen LogP contribution in [0.2, 0.25) is 0 Å². The minimum absolute atomic E-state index is 0.0227. The van der Waals surface area contributed by atoms with Crippen LogP contribution >= 0.6 is 0 Å². The Labute approximate surface area is 270 Å². The third-order valence-corrected chi connectivity index (χ3v) is 10.1. The number of amides is 4. The molecule has 3 atom stereocenters. The molecule has 4 aliphatic rings. The van der Waals surface area contributed by atoms with E-state index in [-0.39, 0.29) is 43.3 Å². The van der Waals surface area contributed by atoms with E-state index in [0.29, 0.717) is 49.4 Å². The van der Waals surface area contributed by atoms with Crippen LogP contribution in [0.5, 0.6) is 0 Å². The lowest BCUT2D eigenvalue weighted by Gasteiger charge is -2.30. The lowest BCUT2D eigenvalue weighted by Crippen LogP contribution is -2.44. The first-order valence-corrected chi connectivity index (χ1v) is 16.7. The summed E-state index contributed by atoms with van der Waals surface area (Å²) in [6.07, 6.45) is 9.70. The van der Waals surface area contributed by atoms with Gasteiger partial charge in [-0.25, -0.2) is 0 Å². The van der Waals surface area contributed by atoms with Gasteiger partial charge < -0.3 is 29.8 Å². The maximum Gasteiger partial charge on any atom is 0.264 e. The highest BCUT2D eigenvalue weighted by atomic mass is 16.3. The first-order valence-electron chi connectivity index (χ1n) is 16.7. The van der Waals surface area contributed by atoms with E-state index < -0.39 is 17.4 Å². The van der Waals surface area contributed by atoms with Gasteiger partial charge in [0.05, 0.1) is 24.9 Å². The molecule has 3 saturated heterocycles. The van der Waals surface area contributed by atoms with Crippen molar-refractivity contribution < 1.29 is 29.4 Å². The Morgan fingerprint density at radius 1 is 0.935 bits per heavy atom. The number of anilines is 3. The van der Waals surface area contributed by atoms with Crippen molar-refractivity contribution in [3.63, 3.8) is 0 Å². The number of piperidine rings is 2. The van der Waals surface area contributed by atoms with Gasteiger partial charge >= 0.3 is 0 Å². The monoisotopic (exact) mass is 628 g/mol. The Hall–Kier alpha value is -4.02. The summed E-state index contributed by atoms with van der Waals surface area (Å²) < 4.78 is 0. The molecular weight excluding hydrogens is 584 g/mol. The smallest absolute Gasteiger partial charge is 0.264 e. The van der Waals surface area contributed by atoms with Gasteiger partial charge in [0, 0.05) is 61.8 Å². The highest BCUT2D eigenvalue weighted by Crippen LogP contribution is 2.47. The molecule has 0 aromatic heterocycles. The summed E-state index contributed by atoms with van der Waals surface area (Å²) in [5, 5.41) is 22.0. The van der Waals surface area contributed by atoms with Crippen LogP contribution in [-0.2, 0) is 31.3 Å². The van der Waals surface area contributed by atoms with E-state index in [1.165, 1.54) is 0 Å². The Morgan fingerprint density at radius 2 is 1.63 bits per heavy atom. The van der Waals surface area contributed by atoms with Crippen molar-refractivity contribution in [3.05, 3.63) is 65.7 Å². The number of rotatable bonds is 9. The molecule has 2 N–H and O–H groups in total. The number of hydrogen-bond acceptors (Lipinski definition) is 6. The van der Waals surface area contributed by atoms with Crippen LogP contribution in [-0.4, -0.2) is 71.0 Å². The molecule has 46 heavy (non-hydrogen) atoms. The topological polar surface area (TPSA) is 122 Å². The van der Waals surface area contributed by atoms with Crippen LogP contribution in [0.15, 0.2) is 54.6 Å². The summed E-state index contributed by atoms with van der Waals surface area (Å²) in [5.74, 6) is -1.14. The van der Waals surface area contributed by atoms with Gasteiger partial charge in [0.25, 0.3) is 5.91 Å². The highest BCUT2D eigenvalue weighted by Gasteiger charge is 2.53. The molecule has 4 heterocycles. The van der Waals surface area contributed by atoms with Gasteiger partial charge in [-0.15, -0.1) is 0 Å². The number of nitrogens with zero attached hydrogens (tertiary/aromatic N) is 4. The molecule has 10 heteroatoms. The number of likely N-dealkylation sites (tertiary alicyclic amines) is 1. The predicted molar refractivity (Wildman–Crippen MR) is 175 cm³/mol. The summed E-state index contributed by atoms with van der Waals surface area (Å²) in [6.45, 7) is 3.75. The molecule has 4 amide bonds. The van der Waals surface area contributed by atoms with E-state index in [1.54, 1.807) is 44.7 Å². The average Bonchev–Trinajstić information content (AvgIpc) is 3.63. The zero-order chi connectivity index (χ0) is 32.4. The second-order valence-electron chi connectivity index (χ2n) is 13.0. The molecule has 0 bridgehead atoms. The molecule has 6 rings (SSSR count). The second-order valence-corrected chi connectivity index (χ2v) is 13.0. The third-order valence-electron chi connectivity index (χ3n) is 10.1. The Morgan fingerprint density at radius 3 is 2.30 bits per heavy atom. The average molecular weight is 629 g/mol. The minimum atomic E-state index is -1.93. The number of fused-ring (bicyclic) bond motifs is 1. The van der Waals surface area contributed by atoms with Crippen molar-refractivity contribution in [2.75, 3.05) is 40.9 Å². The van der Waals surface area contributed by atoms with Crippen LogP contribution < -0.4 is 14.7 Å². The van der Waals surface area contributed by atoms with E-state index in [9.17, 15) is 29.4 Å². The standard InChI is InChI=1S/C36H44N4O6/c1-25(9-6-15-34(44)39-20-8-12-29(39)24-41)36(46)30-22-28(38-19-5-3-14-33(38)43)16-17-31(30)40(35(36)45)23-26-10-7-11-27(21-26)37-18-4-2-13-32(37)42/h6-7,9-11,16-17,21-22,25,29,41,46H,2-5,8,12-15,18-20,23-24H2,1H3/b9-6+/t25-,29-,36+/m0/s1. The molecule has 0 spiro atoms. The van der Waals surface area contributed by atoms with Gasteiger partial charge in [0.1, 0.15) is 0 Å². The maximum atomic E-state index is 14.3. The Balaban J connectivity index is 1.29. The molecule has 0 unspecified atom stereocenters. The van der Waals surface area contributed by atoms with Crippen LogP contribution in [0, 0.1) is 5.92 Å². The van der Waals surface area contributed by atoms with Crippen molar-refractivity contribution in [1.82, 2.24) is 4.90 Å². The minimum Gasteiger partial charge on any atom is -0.394 e. The normalized spacial score (nSPS) is 24.3. The fourth-order valence-corrected chi connectivity index (χ4v) is 7.41. The first kappa shape index (κ1) is 31.9. The number of carbonyl (C=O) groups excluding carboxylic acids is 4. The van der Waals surface area contributed by atoms with Crippen molar-refractivity contribution in [1.29, 1.82) is 0 Å². The van der Waals surface area contributed by atoms with Crippen molar-refractivity contribution >= 4 is 40.7 Å². The van der Waals surface area contributed by atoms with Gasteiger partial charge in [-0.1, -0.05) is 31.2 Å². The predicted octanol–water partition coefficient (Wildman–Crippen LogP) is 4.02. The van der Waals surface area contributed by atoms with E-state index in [2.05, 4.69) is 0 Å². The molecule has 244 valence electrons. The number of aliphatic hydroxyl groups is 2. The summed E-state index contributed by atoms with van der Waals surface area (Å²) in [7, 11) is 0. The molecule has 3 fully saturated rings. The molecule has 10 nitrogen and oxygen atoms in total. The van der Waals surface area contributed by atoms with E-state index in [4.69, 9.17) is 0 Å². The second kappa shape index (κ2) is 13.4. The van der Waals surface area contributed by atoms with E-state index >= 15 is 0 Å². The van der Waals surface area contributed by atoms with Gasteiger partial charge in [-0.2, -0.15) is 0 Å². The lowest BCUT2D eigenvalue weighted by atomic mass is 9.82. The van der Waals surface area contributed by atoms with Gasteiger partial charge in [-0.05, 0) is 74.4 Å². The number of carbonyl (C=O) groups is 4. The SMILES string of the molecule is C[C@@H](/C=C/CC(=O)N1CCC[C@H]1CO)[C@]1(O)C(=O)N(Cc2cccc(N3CCCCC3=O)c2)c2ccc(N3CCCCC3=O)cc21. The zero-order valence-electron chi connectivity index (χ0n) is 26.6. The molecule has 2 aromatic carbocycles. The third kappa shape index (κ3) is 5.96. The summed E-state index contributed by atoms with van der Waals surface area (Å²) in [4.78, 5) is 59.4. The fourth-order valence-electron chi connectivity index (χ4n) is 7.41. The van der Waals surface area contributed by atoms with Crippen molar-refractivity contribution in [2.45, 2.75) is 82.9 Å². The van der Waals surface area contributed by atoms with E-state index in [0.717, 1.165) is 49.8 Å². The number of hydrogen-bond donors (Lipinski definition) is 2. The maximum absolute atomic E-state index is 14.3. The largest absolute Gasteiger partial charge is 0.394 e. The van der Waals surface area contributed by atoms with Crippen molar-refractivity contribution in [3.8, 4) is 0 Å². The molecule has 2 aromatic rings. The van der Waals surface area contributed by atoms with Gasteiger partial charge in [0.2, 0.25) is 17.7 Å². The summed E-state index contributed by atoms with van der Waals surface area (Å²) >= 11 is 0. The molecular formula is C36H44N4O6. The number of benzene rings is 2. The van der Waals surface area contributed by atoms with Gasteiger partial charge in [-0.3, -0.25) is 19.2 Å². The number of aliphatic hydroxyl groups excluding tert-OH is 1. The molecule has 4 aliphatic heterocycles. The highest BCUT2D eigenvalue weighted by molar-refractivity contribution is 6.08. The first-order chi connectivity index (χ1) is 22.2. The van der Waals surface area contributed by atoms with E-state index in [1.807, 2.05) is 36.4 Å². The Kier molecular flexibility index (Phi) is 9.29.